The lowest BCUT2D eigenvalue weighted by molar-refractivity contribution is 0.265. The summed E-state index contributed by atoms with van der Waals surface area (Å²) in [5.41, 5.74) is 9.17. The van der Waals surface area contributed by atoms with E-state index < -0.39 is 16.1 Å². The van der Waals surface area contributed by atoms with Gasteiger partial charge in [0.25, 0.3) is 0 Å². The molecule has 0 spiro atoms. The number of nitrogens with two attached hydrogens (primary N) is 1. The van der Waals surface area contributed by atoms with E-state index in [0.29, 0.717) is 28.2 Å². The number of sulfonamides is 1. The Kier molecular flexibility index (Phi) is 6.40. The number of hydrogen-bond acceptors (Lipinski definition) is 5. The molecule has 0 aliphatic heterocycles. The SMILES string of the molecule is Cc1cc(Nc2ccc(-c3ccc(N)cc3)cc2S(=O)(=O)NC(C)CO)ccc1F. The topological polar surface area (TPSA) is 104 Å². The Morgan fingerprint density at radius 3 is 2.33 bits per heavy atom. The molecule has 3 aromatic carbocycles. The third kappa shape index (κ3) is 4.96. The average Bonchev–Trinajstić information content (AvgIpc) is 2.71. The minimum Gasteiger partial charge on any atom is -0.399 e. The van der Waals surface area contributed by atoms with Gasteiger partial charge >= 0.3 is 0 Å². The van der Waals surface area contributed by atoms with Gasteiger partial charge in [-0.1, -0.05) is 18.2 Å². The molecule has 0 aromatic heterocycles. The fraction of sp³-hybridized carbons (Fsp3) is 0.182. The molecule has 0 heterocycles. The first-order chi connectivity index (χ1) is 14.2. The first-order valence-corrected chi connectivity index (χ1v) is 10.8. The molecular formula is C22H24FN3O3S. The van der Waals surface area contributed by atoms with Gasteiger partial charge in [0.1, 0.15) is 10.7 Å². The van der Waals surface area contributed by atoms with Crippen LogP contribution in [0, 0.1) is 12.7 Å². The quantitative estimate of drug-likeness (QED) is 0.428. The monoisotopic (exact) mass is 429 g/mol. The number of halogens is 1. The Labute approximate surface area is 175 Å². The fourth-order valence-corrected chi connectivity index (χ4v) is 4.37. The van der Waals surface area contributed by atoms with Crippen LogP contribution in [0.2, 0.25) is 0 Å². The van der Waals surface area contributed by atoms with Crippen molar-refractivity contribution < 1.29 is 17.9 Å². The zero-order valence-electron chi connectivity index (χ0n) is 16.7. The molecule has 0 amide bonds. The number of aliphatic hydroxyl groups is 1. The third-order valence-corrected chi connectivity index (χ3v) is 6.21. The van der Waals surface area contributed by atoms with Crippen molar-refractivity contribution in [3.05, 3.63) is 72.0 Å². The van der Waals surface area contributed by atoms with E-state index in [0.717, 1.165) is 5.56 Å². The summed E-state index contributed by atoms with van der Waals surface area (Å²) < 4.78 is 42.1. The normalized spacial score (nSPS) is 12.5. The van der Waals surface area contributed by atoms with Gasteiger partial charge in [0, 0.05) is 17.4 Å². The highest BCUT2D eigenvalue weighted by Crippen LogP contribution is 2.31. The minimum absolute atomic E-state index is 0.0131. The molecule has 0 aliphatic carbocycles. The van der Waals surface area contributed by atoms with Crippen molar-refractivity contribution in [1.82, 2.24) is 4.72 Å². The van der Waals surface area contributed by atoms with Crippen LogP contribution in [0.25, 0.3) is 11.1 Å². The number of nitrogens with one attached hydrogen (secondary N) is 2. The Morgan fingerprint density at radius 2 is 1.70 bits per heavy atom. The smallest absolute Gasteiger partial charge is 0.242 e. The highest BCUT2D eigenvalue weighted by Gasteiger charge is 2.22. The van der Waals surface area contributed by atoms with Gasteiger partial charge in [0.05, 0.1) is 12.3 Å². The number of benzene rings is 3. The maximum atomic E-state index is 13.6. The Bertz CT molecular complexity index is 1150. The molecule has 8 heteroatoms. The molecule has 1 atom stereocenters. The zero-order valence-corrected chi connectivity index (χ0v) is 17.5. The zero-order chi connectivity index (χ0) is 21.9. The predicted octanol–water partition coefficient (Wildman–Crippen LogP) is 3.79. The standard InChI is InChI=1S/C22H24FN3O3S/c1-14-11-19(8-9-20(14)23)25-21-10-5-17(16-3-6-18(24)7-4-16)12-22(21)30(28,29)26-15(2)13-27/h3-12,15,25-27H,13,24H2,1-2H3. The van der Waals surface area contributed by atoms with Gasteiger partial charge < -0.3 is 16.2 Å². The molecule has 6 nitrogen and oxygen atoms in total. The maximum Gasteiger partial charge on any atom is 0.242 e. The van der Waals surface area contributed by atoms with E-state index in [1.165, 1.54) is 12.1 Å². The van der Waals surface area contributed by atoms with Gasteiger partial charge in [0.15, 0.2) is 0 Å². The van der Waals surface area contributed by atoms with Crippen molar-refractivity contribution in [2.24, 2.45) is 0 Å². The summed E-state index contributed by atoms with van der Waals surface area (Å²) >= 11 is 0. The van der Waals surface area contributed by atoms with Crippen molar-refractivity contribution in [2.45, 2.75) is 24.8 Å². The van der Waals surface area contributed by atoms with Crippen LogP contribution in [0.3, 0.4) is 0 Å². The first-order valence-electron chi connectivity index (χ1n) is 9.36. The van der Waals surface area contributed by atoms with E-state index in [1.807, 2.05) is 0 Å². The molecule has 5 N–H and O–H groups in total. The van der Waals surface area contributed by atoms with Crippen molar-refractivity contribution in [3.8, 4) is 11.1 Å². The van der Waals surface area contributed by atoms with Crippen LogP contribution < -0.4 is 15.8 Å². The average molecular weight is 430 g/mol. The Morgan fingerprint density at radius 1 is 1.03 bits per heavy atom. The lowest BCUT2D eigenvalue weighted by Crippen LogP contribution is -2.35. The highest BCUT2D eigenvalue weighted by atomic mass is 32.2. The molecule has 0 saturated heterocycles. The lowest BCUT2D eigenvalue weighted by atomic mass is 10.0. The minimum atomic E-state index is -3.95. The Balaban J connectivity index is 2.08. The fourth-order valence-electron chi connectivity index (χ4n) is 2.95. The molecule has 3 aromatic rings. The molecule has 158 valence electrons. The second kappa shape index (κ2) is 8.83. The van der Waals surface area contributed by atoms with Gasteiger partial charge in [-0.25, -0.2) is 17.5 Å². The molecule has 0 radical (unpaired) electrons. The van der Waals surface area contributed by atoms with E-state index in [-0.39, 0.29) is 17.3 Å². The lowest BCUT2D eigenvalue weighted by Gasteiger charge is -2.17. The summed E-state index contributed by atoms with van der Waals surface area (Å²) in [6, 6.07) is 15.9. The van der Waals surface area contributed by atoms with Crippen LogP contribution in [0.5, 0.6) is 0 Å². The van der Waals surface area contributed by atoms with E-state index in [9.17, 15) is 17.9 Å². The number of aryl methyl sites for hydroxylation is 1. The van der Waals surface area contributed by atoms with E-state index >= 15 is 0 Å². The van der Waals surface area contributed by atoms with Crippen LogP contribution in [-0.2, 0) is 10.0 Å². The van der Waals surface area contributed by atoms with Gasteiger partial charge in [-0.2, -0.15) is 0 Å². The van der Waals surface area contributed by atoms with Crippen molar-refractivity contribution in [2.75, 3.05) is 17.7 Å². The molecule has 0 aliphatic rings. The van der Waals surface area contributed by atoms with E-state index in [4.69, 9.17) is 5.73 Å². The summed E-state index contributed by atoms with van der Waals surface area (Å²) in [7, 11) is -3.95. The largest absolute Gasteiger partial charge is 0.399 e. The molecule has 0 fully saturated rings. The predicted molar refractivity (Wildman–Crippen MR) is 118 cm³/mol. The number of anilines is 3. The van der Waals surface area contributed by atoms with E-state index in [2.05, 4.69) is 10.0 Å². The molecular weight excluding hydrogens is 405 g/mol. The number of rotatable bonds is 7. The number of aliphatic hydroxyl groups excluding tert-OH is 1. The second-order valence-electron chi connectivity index (χ2n) is 7.13. The maximum absolute atomic E-state index is 13.6. The van der Waals surface area contributed by atoms with Crippen molar-refractivity contribution in [1.29, 1.82) is 0 Å². The molecule has 3 rings (SSSR count). The van der Waals surface area contributed by atoms with Gasteiger partial charge in [-0.05, 0) is 73.0 Å². The summed E-state index contributed by atoms with van der Waals surface area (Å²) in [4.78, 5) is 0.0131. The molecule has 0 saturated carbocycles. The van der Waals surface area contributed by atoms with Crippen LogP contribution in [0.15, 0.2) is 65.6 Å². The number of hydrogen-bond donors (Lipinski definition) is 4. The summed E-state index contributed by atoms with van der Waals surface area (Å²) in [6.45, 7) is 2.86. The van der Waals surface area contributed by atoms with Gasteiger partial charge in [-0.3, -0.25) is 0 Å². The summed E-state index contributed by atoms with van der Waals surface area (Å²) in [5.74, 6) is -0.342. The van der Waals surface area contributed by atoms with Crippen LogP contribution >= 0.6 is 0 Å². The van der Waals surface area contributed by atoms with Gasteiger partial charge in [-0.15, -0.1) is 0 Å². The van der Waals surface area contributed by atoms with E-state index in [1.54, 1.807) is 62.4 Å². The second-order valence-corrected chi connectivity index (χ2v) is 8.81. The van der Waals surface area contributed by atoms with Crippen LogP contribution in [0.1, 0.15) is 12.5 Å². The molecule has 30 heavy (non-hydrogen) atoms. The van der Waals surface area contributed by atoms with Gasteiger partial charge in [0.2, 0.25) is 10.0 Å². The summed E-state index contributed by atoms with van der Waals surface area (Å²) in [5, 5.41) is 12.3. The van der Waals surface area contributed by atoms with Crippen molar-refractivity contribution in [3.63, 3.8) is 0 Å². The summed E-state index contributed by atoms with van der Waals surface area (Å²) in [6.07, 6.45) is 0. The van der Waals surface area contributed by atoms with Crippen LogP contribution in [0.4, 0.5) is 21.5 Å². The molecule has 0 bridgehead atoms. The van der Waals surface area contributed by atoms with Crippen molar-refractivity contribution >= 4 is 27.1 Å². The first kappa shape index (κ1) is 21.8. The number of nitrogen functional groups attached to an aromatic ring is 1. The third-order valence-electron chi connectivity index (χ3n) is 4.58. The Hall–Kier alpha value is -2.94. The van der Waals surface area contributed by atoms with Crippen LogP contribution in [-0.4, -0.2) is 26.2 Å². The highest BCUT2D eigenvalue weighted by molar-refractivity contribution is 7.89. The molecule has 1 unspecified atom stereocenters.